The number of thioether (sulfide) groups is 1. The van der Waals surface area contributed by atoms with Gasteiger partial charge in [0.1, 0.15) is 0 Å². The van der Waals surface area contributed by atoms with E-state index in [0.29, 0.717) is 33.6 Å². The predicted octanol–water partition coefficient (Wildman–Crippen LogP) is 6.62. The summed E-state index contributed by atoms with van der Waals surface area (Å²) in [4.78, 5) is 26.0. The van der Waals surface area contributed by atoms with E-state index in [4.69, 9.17) is 4.74 Å². The molecule has 4 fully saturated rings. The molecule has 4 bridgehead atoms. The zero-order valence-electron chi connectivity index (χ0n) is 20.3. The van der Waals surface area contributed by atoms with Gasteiger partial charge in [0.2, 0.25) is 0 Å². The van der Waals surface area contributed by atoms with Crippen molar-refractivity contribution in [2.45, 2.75) is 62.1 Å². The fourth-order valence-electron chi connectivity index (χ4n) is 7.00. The van der Waals surface area contributed by atoms with E-state index in [0.717, 1.165) is 17.8 Å². The minimum Gasteiger partial charge on any atom is -0.452 e. The molecule has 36 heavy (non-hydrogen) atoms. The van der Waals surface area contributed by atoms with Crippen molar-refractivity contribution in [3.05, 3.63) is 54.1 Å². The molecule has 0 aromatic heterocycles. The Labute approximate surface area is 214 Å². The molecule has 192 valence electrons. The minimum absolute atomic E-state index is 0.0669. The number of anilines is 2. The molecular weight excluding hydrogens is 482 g/mol. The molecule has 2 aromatic rings. The van der Waals surface area contributed by atoms with Crippen LogP contribution in [0.3, 0.4) is 0 Å². The zero-order chi connectivity index (χ0) is 25.3. The highest BCUT2D eigenvalue weighted by Crippen LogP contribution is 2.61. The van der Waals surface area contributed by atoms with Crippen LogP contribution in [0.4, 0.5) is 20.2 Å². The van der Waals surface area contributed by atoms with Gasteiger partial charge in [-0.3, -0.25) is 4.79 Å². The van der Waals surface area contributed by atoms with Gasteiger partial charge in [0.05, 0.1) is 11.3 Å². The van der Waals surface area contributed by atoms with Crippen LogP contribution in [0.5, 0.6) is 0 Å². The Hall–Kier alpha value is -2.61. The Morgan fingerprint density at radius 1 is 1.00 bits per heavy atom. The third-order valence-electron chi connectivity index (χ3n) is 8.22. The summed E-state index contributed by atoms with van der Waals surface area (Å²) in [7, 11) is 0. The van der Waals surface area contributed by atoms with Crippen molar-refractivity contribution >= 4 is 35.0 Å². The molecule has 4 saturated carbocycles. The topological polar surface area (TPSA) is 67.4 Å². The lowest BCUT2D eigenvalue weighted by atomic mass is 9.48. The third kappa shape index (κ3) is 5.53. The molecule has 0 heterocycles. The molecule has 0 aliphatic heterocycles. The second-order valence-electron chi connectivity index (χ2n) is 10.7. The van der Waals surface area contributed by atoms with Gasteiger partial charge in [-0.1, -0.05) is 23.9 Å². The van der Waals surface area contributed by atoms with Crippen molar-refractivity contribution in [3.63, 3.8) is 0 Å². The molecule has 0 saturated heterocycles. The fourth-order valence-corrected chi connectivity index (χ4v) is 7.50. The average Bonchev–Trinajstić information content (AvgIpc) is 2.83. The van der Waals surface area contributed by atoms with Gasteiger partial charge in [0.25, 0.3) is 11.7 Å². The number of hydrogen-bond acceptors (Lipinski definition) is 5. The molecule has 2 N–H and O–H groups in total. The van der Waals surface area contributed by atoms with Crippen LogP contribution in [0.1, 0.15) is 55.8 Å². The van der Waals surface area contributed by atoms with E-state index in [1.807, 2.05) is 0 Å². The maximum Gasteiger partial charge on any atom is 0.340 e. The molecule has 1 amide bonds. The number of rotatable bonds is 9. The maximum absolute atomic E-state index is 12.8. The highest BCUT2D eigenvalue weighted by Gasteiger charge is 2.53. The number of alkyl halides is 2. The monoisotopic (exact) mass is 514 g/mol. The lowest BCUT2D eigenvalue weighted by molar-refractivity contribution is -0.128. The first-order chi connectivity index (χ1) is 17.3. The number of hydrogen-bond donors (Lipinski definition) is 2. The fraction of sp³-hybridized carbons (Fsp3) is 0.500. The number of esters is 1. The number of halogens is 2. The van der Waals surface area contributed by atoms with E-state index in [1.54, 1.807) is 48.5 Å². The van der Waals surface area contributed by atoms with Crippen LogP contribution < -0.4 is 10.6 Å². The third-order valence-corrected chi connectivity index (χ3v) is 8.94. The summed E-state index contributed by atoms with van der Waals surface area (Å²) in [5, 5.41) is 6.26. The Bertz CT molecular complexity index is 1070. The number of para-hydroxylation sites is 1. The number of carbonyl (C=O) groups excluding carboxylic acids is 2. The van der Waals surface area contributed by atoms with Crippen LogP contribution >= 0.6 is 11.8 Å². The first-order valence-corrected chi connectivity index (χ1v) is 13.5. The lowest BCUT2D eigenvalue weighted by Gasteiger charge is -2.59. The van der Waals surface area contributed by atoms with Crippen LogP contribution in [0, 0.1) is 23.2 Å². The Kier molecular flexibility index (Phi) is 7.24. The Morgan fingerprint density at radius 3 is 2.22 bits per heavy atom. The van der Waals surface area contributed by atoms with Crippen molar-refractivity contribution in [3.8, 4) is 0 Å². The van der Waals surface area contributed by atoms with E-state index in [2.05, 4.69) is 17.6 Å². The molecular formula is C28H32F2N2O3S. The molecule has 1 atom stereocenters. The second kappa shape index (κ2) is 10.4. The van der Waals surface area contributed by atoms with Gasteiger partial charge in [0.15, 0.2) is 6.61 Å². The van der Waals surface area contributed by atoms with E-state index < -0.39 is 11.7 Å². The molecule has 2 aromatic carbocycles. The summed E-state index contributed by atoms with van der Waals surface area (Å²) in [5.41, 5.74) is 1.65. The molecule has 8 heteroatoms. The Morgan fingerprint density at radius 2 is 1.61 bits per heavy atom. The predicted molar refractivity (Wildman–Crippen MR) is 137 cm³/mol. The zero-order valence-corrected chi connectivity index (χ0v) is 21.2. The van der Waals surface area contributed by atoms with Gasteiger partial charge in [-0.15, -0.1) is 0 Å². The number of amides is 1. The number of benzene rings is 2. The van der Waals surface area contributed by atoms with Crippen LogP contribution in [0.2, 0.25) is 0 Å². The quantitative estimate of drug-likeness (QED) is 0.291. The first-order valence-electron chi connectivity index (χ1n) is 12.7. The molecule has 5 nitrogen and oxygen atoms in total. The highest BCUT2D eigenvalue weighted by atomic mass is 32.2. The van der Waals surface area contributed by atoms with Gasteiger partial charge in [-0.05, 0) is 105 Å². The lowest BCUT2D eigenvalue weighted by Crippen LogP contribution is -2.56. The molecule has 1 unspecified atom stereocenters. The number of carbonyl (C=O) groups is 2. The summed E-state index contributed by atoms with van der Waals surface area (Å²) in [6, 6.07) is 13.5. The van der Waals surface area contributed by atoms with E-state index in [1.165, 1.54) is 38.5 Å². The van der Waals surface area contributed by atoms with Gasteiger partial charge >= 0.3 is 5.97 Å². The van der Waals surface area contributed by atoms with E-state index >= 15 is 0 Å². The summed E-state index contributed by atoms with van der Waals surface area (Å²) >= 11 is 0.477. The molecule has 4 aliphatic carbocycles. The van der Waals surface area contributed by atoms with E-state index in [9.17, 15) is 18.4 Å². The van der Waals surface area contributed by atoms with Crippen LogP contribution in [-0.2, 0) is 9.53 Å². The van der Waals surface area contributed by atoms with Crippen LogP contribution in [0.25, 0.3) is 0 Å². The van der Waals surface area contributed by atoms with Crippen molar-refractivity contribution in [2.24, 2.45) is 23.2 Å². The van der Waals surface area contributed by atoms with Crippen molar-refractivity contribution in [1.82, 2.24) is 5.32 Å². The van der Waals surface area contributed by atoms with Gasteiger partial charge in [0, 0.05) is 16.6 Å². The first kappa shape index (κ1) is 25.1. The van der Waals surface area contributed by atoms with Gasteiger partial charge in [-0.25, -0.2) is 4.79 Å². The Balaban J connectivity index is 1.16. The summed E-state index contributed by atoms with van der Waals surface area (Å²) in [6.45, 7) is 1.78. The van der Waals surface area contributed by atoms with Crippen molar-refractivity contribution in [2.75, 3.05) is 11.9 Å². The number of ether oxygens (including phenoxy) is 1. The summed E-state index contributed by atoms with van der Waals surface area (Å²) in [6.07, 6.45) is 7.64. The summed E-state index contributed by atoms with van der Waals surface area (Å²) in [5.74, 6) is -0.943. The van der Waals surface area contributed by atoms with Crippen LogP contribution in [-0.4, -0.2) is 30.3 Å². The van der Waals surface area contributed by atoms with Crippen molar-refractivity contribution in [1.29, 1.82) is 0 Å². The number of nitrogens with one attached hydrogen (secondary N) is 2. The largest absolute Gasteiger partial charge is 0.452 e. The molecule has 0 radical (unpaired) electrons. The van der Waals surface area contributed by atoms with Gasteiger partial charge in [-0.2, -0.15) is 8.78 Å². The highest BCUT2D eigenvalue weighted by molar-refractivity contribution is 7.99. The van der Waals surface area contributed by atoms with Crippen LogP contribution in [0.15, 0.2) is 53.4 Å². The molecule has 0 spiro atoms. The normalized spacial score (nSPS) is 27.1. The van der Waals surface area contributed by atoms with Gasteiger partial charge < -0.3 is 15.4 Å². The van der Waals surface area contributed by atoms with Crippen molar-refractivity contribution < 1.29 is 23.1 Å². The SMILES string of the molecule is CC(NC(=O)COC(=O)c1ccccc1Nc1ccc(SC(F)F)cc1)C12CC3CC(CC(C3)C1)C2. The second-order valence-corrected chi connectivity index (χ2v) is 11.8. The minimum atomic E-state index is -2.48. The smallest absolute Gasteiger partial charge is 0.340 e. The van der Waals surface area contributed by atoms with E-state index in [-0.39, 0.29) is 24.0 Å². The molecule has 4 aliphatic rings. The standard InChI is InChI=1S/C28H32F2N2O3S/c1-17(28-13-18-10-19(14-28)12-20(11-18)15-28)31-25(33)16-35-26(34)23-4-2-3-5-24(23)32-21-6-8-22(9-7-21)36-27(29)30/h2-9,17-20,27,32H,10-16H2,1H3,(H,31,33). The summed E-state index contributed by atoms with van der Waals surface area (Å²) < 4.78 is 30.5. The molecule has 6 rings (SSSR count). The average molecular weight is 515 g/mol. The maximum atomic E-state index is 12.8.